The number of halogens is 1. The highest BCUT2D eigenvalue weighted by Crippen LogP contribution is 2.24. The molecule has 0 aliphatic carbocycles. The summed E-state index contributed by atoms with van der Waals surface area (Å²) in [7, 11) is 0. The van der Waals surface area contributed by atoms with Crippen molar-refractivity contribution in [3.8, 4) is 17.0 Å². The zero-order valence-corrected chi connectivity index (χ0v) is 17.9. The molecule has 5 nitrogen and oxygen atoms in total. The highest BCUT2D eigenvalue weighted by molar-refractivity contribution is 7.07. The number of benzene rings is 2. The predicted molar refractivity (Wildman–Crippen MR) is 123 cm³/mol. The van der Waals surface area contributed by atoms with Crippen molar-refractivity contribution in [3.63, 3.8) is 0 Å². The van der Waals surface area contributed by atoms with Crippen LogP contribution in [0, 0.1) is 5.82 Å². The van der Waals surface area contributed by atoms with Crippen molar-refractivity contribution in [1.29, 1.82) is 0 Å². The molecule has 0 unspecified atom stereocenters. The van der Waals surface area contributed by atoms with Crippen LogP contribution in [0.1, 0.15) is 19.4 Å². The van der Waals surface area contributed by atoms with Crippen LogP contribution in [-0.2, 0) is 0 Å². The van der Waals surface area contributed by atoms with Crippen LogP contribution in [0.5, 0.6) is 5.75 Å². The molecule has 1 N–H and O–H groups in total. The SMILES string of the molecule is C=CCN=c1scc(-c2ccc(F)cc2)n1N=Cc1ccc(N(CC)CC)cc1O. The molecular formula is C23H25FN4OS. The third-order valence-corrected chi connectivity index (χ3v) is 5.49. The number of phenols is 1. The van der Waals surface area contributed by atoms with E-state index in [1.54, 1.807) is 35.2 Å². The maximum Gasteiger partial charge on any atom is 0.206 e. The van der Waals surface area contributed by atoms with Crippen LogP contribution < -0.4 is 9.70 Å². The average Bonchev–Trinajstić information content (AvgIpc) is 3.15. The van der Waals surface area contributed by atoms with Crippen molar-refractivity contribution in [2.75, 3.05) is 24.5 Å². The van der Waals surface area contributed by atoms with Gasteiger partial charge in [0.2, 0.25) is 4.80 Å². The van der Waals surface area contributed by atoms with Crippen LogP contribution in [0.4, 0.5) is 10.1 Å². The molecule has 30 heavy (non-hydrogen) atoms. The van der Waals surface area contributed by atoms with E-state index in [-0.39, 0.29) is 11.6 Å². The molecule has 0 fully saturated rings. The van der Waals surface area contributed by atoms with Crippen molar-refractivity contribution < 1.29 is 9.50 Å². The van der Waals surface area contributed by atoms with Crippen LogP contribution in [0.2, 0.25) is 0 Å². The highest BCUT2D eigenvalue weighted by atomic mass is 32.1. The highest BCUT2D eigenvalue weighted by Gasteiger charge is 2.09. The topological polar surface area (TPSA) is 53.1 Å². The quantitative estimate of drug-likeness (QED) is 0.414. The Morgan fingerprint density at radius 2 is 1.90 bits per heavy atom. The number of nitrogens with zero attached hydrogens (tertiary/aromatic N) is 4. The summed E-state index contributed by atoms with van der Waals surface area (Å²) in [6.07, 6.45) is 3.32. The van der Waals surface area contributed by atoms with Gasteiger partial charge in [0.25, 0.3) is 0 Å². The molecule has 0 radical (unpaired) electrons. The third-order valence-electron chi connectivity index (χ3n) is 4.64. The van der Waals surface area contributed by atoms with Gasteiger partial charge in [-0.05, 0) is 50.2 Å². The Balaban J connectivity index is 2.00. The monoisotopic (exact) mass is 424 g/mol. The van der Waals surface area contributed by atoms with Gasteiger partial charge < -0.3 is 10.0 Å². The van der Waals surface area contributed by atoms with Gasteiger partial charge in [0.1, 0.15) is 11.6 Å². The number of hydrogen-bond donors (Lipinski definition) is 1. The third kappa shape index (κ3) is 4.86. The first-order valence-electron chi connectivity index (χ1n) is 9.77. The van der Waals surface area contributed by atoms with E-state index in [4.69, 9.17) is 0 Å². The number of hydrogen-bond acceptors (Lipinski definition) is 5. The zero-order chi connectivity index (χ0) is 21.5. The summed E-state index contributed by atoms with van der Waals surface area (Å²) in [5.74, 6) is -0.134. The van der Waals surface area contributed by atoms with E-state index in [0.717, 1.165) is 30.0 Å². The van der Waals surface area contributed by atoms with Crippen LogP contribution in [-0.4, -0.2) is 35.6 Å². The first-order valence-corrected chi connectivity index (χ1v) is 10.7. The van der Waals surface area contributed by atoms with Gasteiger partial charge in [-0.1, -0.05) is 6.08 Å². The fraction of sp³-hybridized carbons (Fsp3) is 0.217. The maximum absolute atomic E-state index is 13.3. The van der Waals surface area contributed by atoms with E-state index >= 15 is 0 Å². The summed E-state index contributed by atoms with van der Waals surface area (Å²) in [5, 5.41) is 17.0. The van der Waals surface area contributed by atoms with E-state index < -0.39 is 0 Å². The van der Waals surface area contributed by atoms with Gasteiger partial charge in [-0.3, -0.25) is 4.99 Å². The first-order chi connectivity index (χ1) is 14.6. The minimum atomic E-state index is -0.293. The van der Waals surface area contributed by atoms with Crippen LogP contribution in [0.15, 0.2) is 70.6 Å². The molecule has 0 aliphatic rings. The van der Waals surface area contributed by atoms with Crippen LogP contribution >= 0.6 is 11.3 Å². The molecule has 2 aromatic carbocycles. The van der Waals surface area contributed by atoms with Gasteiger partial charge in [-0.25, -0.2) is 9.07 Å². The smallest absolute Gasteiger partial charge is 0.206 e. The van der Waals surface area contributed by atoms with Crippen molar-refractivity contribution in [1.82, 2.24) is 4.68 Å². The second-order valence-electron chi connectivity index (χ2n) is 6.51. The lowest BCUT2D eigenvalue weighted by molar-refractivity contribution is 0.474. The van der Waals surface area contributed by atoms with Gasteiger partial charge in [-0.2, -0.15) is 5.10 Å². The Kier molecular flexibility index (Phi) is 7.19. The standard InChI is InChI=1S/C23H25FN4OS/c1-4-13-25-23-28(21(16-30-23)17-7-10-19(24)11-8-17)26-15-18-9-12-20(14-22(18)29)27(5-2)6-3/h4,7-12,14-16,29H,1,5-6,13H2,2-3H3. The molecule has 0 bridgehead atoms. The minimum absolute atomic E-state index is 0.159. The van der Waals surface area contributed by atoms with Gasteiger partial charge >= 0.3 is 0 Å². The minimum Gasteiger partial charge on any atom is -0.507 e. The largest absolute Gasteiger partial charge is 0.507 e. The molecule has 0 spiro atoms. The number of aromatic nitrogens is 1. The Bertz CT molecular complexity index is 1100. The van der Waals surface area contributed by atoms with Gasteiger partial charge in [-0.15, -0.1) is 17.9 Å². The van der Waals surface area contributed by atoms with Crippen molar-refractivity contribution in [2.45, 2.75) is 13.8 Å². The molecule has 3 aromatic rings. The van der Waals surface area contributed by atoms with Gasteiger partial charge in [0.15, 0.2) is 0 Å². The molecule has 0 aliphatic heterocycles. The number of thiazole rings is 1. The van der Waals surface area contributed by atoms with Gasteiger partial charge in [0.05, 0.1) is 18.5 Å². The van der Waals surface area contributed by atoms with Gasteiger partial charge in [0, 0.05) is 41.4 Å². The van der Waals surface area contributed by atoms with E-state index in [0.29, 0.717) is 16.9 Å². The van der Waals surface area contributed by atoms with Crippen molar-refractivity contribution in [3.05, 3.63) is 76.7 Å². The van der Waals surface area contributed by atoms with E-state index in [2.05, 4.69) is 35.4 Å². The van der Waals surface area contributed by atoms with E-state index in [1.165, 1.54) is 23.5 Å². The average molecular weight is 425 g/mol. The normalized spacial score (nSPS) is 11.9. The first kappa shape index (κ1) is 21.5. The van der Waals surface area contributed by atoms with Crippen LogP contribution in [0.25, 0.3) is 11.3 Å². The Labute approximate surface area is 179 Å². The Morgan fingerprint density at radius 1 is 1.17 bits per heavy atom. The zero-order valence-electron chi connectivity index (χ0n) is 17.1. The molecule has 0 atom stereocenters. The molecule has 0 saturated carbocycles. The Morgan fingerprint density at radius 3 is 2.53 bits per heavy atom. The molecular weight excluding hydrogens is 399 g/mol. The summed E-state index contributed by atoms with van der Waals surface area (Å²) in [5.41, 5.74) is 3.18. The lowest BCUT2D eigenvalue weighted by Crippen LogP contribution is -2.21. The summed E-state index contributed by atoms with van der Waals surface area (Å²) in [6, 6.07) is 11.8. The summed E-state index contributed by atoms with van der Waals surface area (Å²) in [4.78, 5) is 7.33. The number of rotatable bonds is 8. The lowest BCUT2D eigenvalue weighted by Gasteiger charge is -2.21. The van der Waals surface area contributed by atoms with E-state index in [1.807, 2.05) is 17.5 Å². The summed E-state index contributed by atoms with van der Waals surface area (Å²) in [6.45, 7) is 10.1. The Hall–Kier alpha value is -3.19. The molecule has 0 amide bonds. The molecule has 3 rings (SSSR count). The second-order valence-corrected chi connectivity index (χ2v) is 7.35. The van der Waals surface area contributed by atoms with E-state index in [9.17, 15) is 9.50 Å². The van der Waals surface area contributed by atoms with Crippen molar-refractivity contribution in [2.24, 2.45) is 10.1 Å². The molecule has 7 heteroatoms. The number of aromatic hydroxyl groups is 1. The molecule has 0 saturated heterocycles. The summed E-state index contributed by atoms with van der Waals surface area (Å²) < 4.78 is 15.0. The molecule has 1 heterocycles. The van der Waals surface area contributed by atoms with Crippen molar-refractivity contribution >= 4 is 23.2 Å². The summed E-state index contributed by atoms with van der Waals surface area (Å²) >= 11 is 1.44. The second kappa shape index (κ2) is 10.0. The molecule has 156 valence electrons. The number of anilines is 1. The lowest BCUT2D eigenvalue weighted by atomic mass is 10.2. The predicted octanol–water partition coefficient (Wildman–Crippen LogP) is 4.88. The fourth-order valence-corrected chi connectivity index (χ4v) is 3.87. The number of phenolic OH excluding ortho intramolecular Hbond substituents is 1. The maximum atomic E-state index is 13.3. The fourth-order valence-electron chi connectivity index (χ4n) is 3.03. The van der Waals surface area contributed by atoms with Crippen LogP contribution in [0.3, 0.4) is 0 Å². The molecule has 1 aromatic heterocycles.